The molecule has 19 heavy (non-hydrogen) atoms. The van der Waals surface area contributed by atoms with Crippen molar-refractivity contribution in [3.63, 3.8) is 0 Å². The largest absolute Gasteiger partial charge is 0.467 e. The summed E-state index contributed by atoms with van der Waals surface area (Å²) in [5.74, 6) is 5.86. The van der Waals surface area contributed by atoms with Crippen LogP contribution >= 0.6 is 0 Å². The van der Waals surface area contributed by atoms with Crippen molar-refractivity contribution < 1.29 is 14.3 Å². The summed E-state index contributed by atoms with van der Waals surface area (Å²) < 4.78 is 5.13. The molecule has 1 heterocycles. The first-order valence-corrected chi connectivity index (χ1v) is 5.80. The first-order valence-electron chi connectivity index (χ1n) is 5.80. The van der Waals surface area contributed by atoms with Crippen LogP contribution in [0.4, 0.5) is 0 Å². The van der Waals surface area contributed by atoms with E-state index in [9.17, 15) is 4.79 Å². The zero-order valence-corrected chi connectivity index (χ0v) is 10.2. The van der Waals surface area contributed by atoms with Crippen LogP contribution in [-0.2, 0) is 6.54 Å². The fourth-order valence-corrected chi connectivity index (χ4v) is 1.53. The summed E-state index contributed by atoms with van der Waals surface area (Å²) in [6, 6.07) is 10.4. The lowest BCUT2D eigenvalue weighted by Crippen LogP contribution is -2.22. The van der Waals surface area contributed by atoms with Gasteiger partial charge >= 0.3 is 0 Å². The van der Waals surface area contributed by atoms with Gasteiger partial charge in [0.2, 0.25) is 0 Å². The lowest BCUT2D eigenvalue weighted by Gasteiger charge is -2.03. The number of hydrogen-bond acceptors (Lipinski definition) is 3. The minimum atomic E-state index is -0.175. The molecule has 0 radical (unpaired) electrons. The molecular formula is C15H13NO3. The second kappa shape index (κ2) is 6.43. The molecule has 0 saturated carbocycles. The molecule has 0 aliphatic heterocycles. The molecule has 1 amide bonds. The van der Waals surface area contributed by atoms with Gasteiger partial charge in [-0.25, -0.2) is 0 Å². The highest BCUT2D eigenvalue weighted by atomic mass is 16.3. The van der Waals surface area contributed by atoms with E-state index in [1.165, 1.54) is 0 Å². The Balaban J connectivity index is 1.95. The molecule has 2 aromatic rings. The number of nitrogens with one attached hydrogen (secondary N) is 1. The van der Waals surface area contributed by atoms with Crippen LogP contribution in [0.5, 0.6) is 0 Å². The fourth-order valence-electron chi connectivity index (χ4n) is 1.53. The van der Waals surface area contributed by atoms with E-state index in [1.807, 2.05) is 0 Å². The Morgan fingerprint density at radius 2 is 2.05 bits per heavy atom. The minimum absolute atomic E-state index is 0.168. The van der Waals surface area contributed by atoms with Gasteiger partial charge in [-0.15, -0.1) is 0 Å². The number of aliphatic hydroxyl groups excluding tert-OH is 1. The Morgan fingerprint density at radius 1 is 1.26 bits per heavy atom. The molecule has 0 aliphatic rings. The number of benzene rings is 1. The molecule has 0 spiro atoms. The van der Waals surface area contributed by atoms with Gasteiger partial charge in [-0.1, -0.05) is 11.8 Å². The molecule has 0 unspecified atom stereocenters. The van der Waals surface area contributed by atoms with Crippen molar-refractivity contribution in [3.8, 4) is 11.8 Å². The first-order chi connectivity index (χ1) is 9.29. The molecule has 0 bridgehead atoms. The molecule has 0 fully saturated rings. The van der Waals surface area contributed by atoms with Crippen LogP contribution in [0.15, 0.2) is 47.1 Å². The summed E-state index contributed by atoms with van der Waals surface area (Å²) in [5, 5.41) is 11.3. The van der Waals surface area contributed by atoms with E-state index in [0.29, 0.717) is 17.9 Å². The van der Waals surface area contributed by atoms with Gasteiger partial charge in [-0.2, -0.15) is 0 Å². The minimum Gasteiger partial charge on any atom is -0.467 e. The maximum Gasteiger partial charge on any atom is 0.251 e. The average molecular weight is 255 g/mol. The number of carbonyl (C=O) groups excluding carboxylic acids is 1. The number of rotatable bonds is 3. The van der Waals surface area contributed by atoms with Crippen LogP contribution in [0.25, 0.3) is 0 Å². The first kappa shape index (κ1) is 12.9. The Kier molecular flexibility index (Phi) is 4.38. The van der Waals surface area contributed by atoms with Crippen molar-refractivity contribution in [2.24, 2.45) is 0 Å². The predicted octanol–water partition coefficient (Wildman–Crippen LogP) is 1.55. The Bertz CT molecular complexity index is 589. The third-order valence-electron chi connectivity index (χ3n) is 2.46. The van der Waals surface area contributed by atoms with Crippen molar-refractivity contribution in [2.75, 3.05) is 6.61 Å². The number of aliphatic hydroxyl groups is 1. The molecule has 0 atom stereocenters. The van der Waals surface area contributed by atoms with Gasteiger partial charge in [0, 0.05) is 11.1 Å². The maximum atomic E-state index is 11.8. The maximum absolute atomic E-state index is 11.8. The van der Waals surface area contributed by atoms with Gasteiger partial charge in [0.05, 0.1) is 12.8 Å². The summed E-state index contributed by atoms with van der Waals surface area (Å²) in [4.78, 5) is 11.8. The number of hydrogen-bond donors (Lipinski definition) is 2. The molecule has 1 aromatic heterocycles. The Hall–Kier alpha value is -2.51. The summed E-state index contributed by atoms with van der Waals surface area (Å²) in [6.07, 6.45) is 1.57. The van der Waals surface area contributed by atoms with Crippen LogP contribution in [0.3, 0.4) is 0 Å². The highest BCUT2D eigenvalue weighted by Gasteiger charge is 2.05. The molecule has 4 heteroatoms. The quantitative estimate of drug-likeness (QED) is 0.818. The third kappa shape index (κ3) is 3.73. The monoisotopic (exact) mass is 255 g/mol. The number of carbonyl (C=O) groups is 1. The zero-order valence-electron chi connectivity index (χ0n) is 10.2. The fraction of sp³-hybridized carbons (Fsp3) is 0.133. The number of amides is 1. The van der Waals surface area contributed by atoms with Crippen LogP contribution in [0.1, 0.15) is 21.7 Å². The average Bonchev–Trinajstić information content (AvgIpc) is 2.96. The molecular weight excluding hydrogens is 242 g/mol. The van der Waals surface area contributed by atoms with Crippen molar-refractivity contribution >= 4 is 5.91 Å². The smallest absolute Gasteiger partial charge is 0.251 e. The van der Waals surface area contributed by atoms with Crippen LogP contribution < -0.4 is 5.32 Å². The molecule has 2 rings (SSSR count). The summed E-state index contributed by atoms with van der Waals surface area (Å²) >= 11 is 0. The van der Waals surface area contributed by atoms with Crippen molar-refractivity contribution in [3.05, 3.63) is 59.5 Å². The SMILES string of the molecule is O=C(NCc1ccco1)c1ccc(C#CCO)cc1. The molecule has 2 N–H and O–H groups in total. The van der Waals surface area contributed by atoms with E-state index < -0.39 is 0 Å². The van der Waals surface area contributed by atoms with Gasteiger partial charge in [0.25, 0.3) is 5.91 Å². The van der Waals surface area contributed by atoms with E-state index >= 15 is 0 Å². The molecule has 1 aromatic carbocycles. The van der Waals surface area contributed by atoms with Gasteiger partial charge in [0.1, 0.15) is 12.4 Å². The van der Waals surface area contributed by atoms with Gasteiger partial charge in [0.15, 0.2) is 0 Å². The highest BCUT2D eigenvalue weighted by Crippen LogP contribution is 2.04. The highest BCUT2D eigenvalue weighted by molar-refractivity contribution is 5.94. The summed E-state index contributed by atoms with van der Waals surface area (Å²) in [5.41, 5.74) is 1.32. The normalized spacial score (nSPS) is 9.53. The molecule has 4 nitrogen and oxygen atoms in total. The van der Waals surface area contributed by atoms with Crippen LogP contribution in [0.2, 0.25) is 0 Å². The van der Waals surface area contributed by atoms with E-state index in [2.05, 4.69) is 17.2 Å². The van der Waals surface area contributed by atoms with Gasteiger partial charge in [-0.3, -0.25) is 4.79 Å². The van der Waals surface area contributed by atoms with E-state index in [0.717, 1.165) is 5.56 Å². The molecule has 0 aliphatic carbocycles. The standard InChI is InChI=1S/C15H13NO3/c17-9-1-3-12-5-7-13(8-6-12)15(18)16-11-14-4-2-10-19-14/h2,4-8,10,17H,9,11H2,(H,16,18). The summed E-state index contributed by atoms with van der Waals surface area (Å²) in [7, 11) is 0. The molecule has 96 valence electrons. The van der Waals surface area contributed by atoms with Crippen molar-refractivity contribution in [1.29, 1.82) is 0 Å². The number of furan rings is 1. The lowest BCUT2D eigenvalue weighted by molar-refractivity contribution is 0.0948. The van der Waals surface area contributed by atoms with Crippen LogP contribution in [-0.4, -0.2) is 17.6 Å². The van der Waals surface area contributed by atoms with Crippen molar-refractivity contribution in [1.82, 2.24) is 5.32 Å². The van der Waals surface area contributed by atoms with E-state index in [-0.39, 0.29) is 12.5 Å². The Labute approximate surface area is 111 Å². The van der Waals surface area contributed by atoms with E-state index in [4.69, 9.17) is 9.52 Å². The van der Waals surface area contributed by atoms with E-state index in [1.54, 1.807) is 42.7 Å². The predicted molar refractivity (Wildman–Crippen MR) is 70.3 cm³/mol. The van der Waals surface area contributed by atoms with Gasteiger partial charge < -0.3 is 14.8 Å². The Morgan fingerprint density at radius 3 is 2.68 bits per heavy atom. The third-order valence-corrected chi connectivity index (χ3v) is 2.46. The summed E-state index contributed by atoms with van der Waals surface area (Å²) in [6.45, 7) is 0.184. The second-order valence-corrected chi connectivity index (χ2v) is 3.80. The topological polar surface area (TPSA) is 62.5 Å². The van der Waals surface area contributed by atoms with Crippen LogP contribution in [0, 0.1) is 11.8 Å². The second-order valence-electron chi connectivity index (χ2n) is 3.80. The molecule has 0 saturated heterocycles. The van der Waals surface area contributed by atoms with Crippen molar-refractivity contribution in [2.45, 2.75) is 6.54 Å². The van der Waals surface area contributed by atoms with Gasteiger partial charge in [-0.05, 0) is 36.4 Å². The zero-order chi connectivity index (χ0) is 13.5. The lowest BCUT2D eigenvalue weighted by atomic mass is 10.1.